The Morgan fingerprint density at radius 1 is 1.12 bits per heavy atom. The fourth-order valence-corrected chi connectivity index (χ4v) is 4.58. The molecule has 2 aromatic carbocycles. The number of rotatable bonds is 4. The van der Waals surface area contributed by atoms with E-state index in [1.54, 1.807) is 41.5 Å². The number of para-hydroxylation sites is 1. The summed E-state index contributed by atoms with van der Waals surface area (Å²) in [6.45, 7) is 1.86. The van der Waals surface area contributed by atoms with Gasteiger partial charge in [-0.1, -0.05) is 24.0 Å². The van der Waals surface area contributed by atoms with Crippen molar-refractivity contribution >= 4 is 28.3 Å². The second kappa shape index (κ2) is 9.96. The van der Waals surface area contributed by atoms with Gasteiger partial charge >= 0.3 is 0 Å². The van der Waals surface area contributed by atoms with Crippen LogP contribution in [0.15, 0.2) is 79.4 Å². The van der Waals surface area contributed by atoms with Crippen molar-refractivity contribution in [2.24, 2.45) is 7.05 Å². The summed E-state index contributed by atoms with van der Waals surface area (Å²) in [6, 6.07) is 15.0. The molecule has 0 aliphatic rings. The molecule has 40 heavy (non-hydrogen) atoms. The number of nitrogen functional groups attached to an aromatic ring is 1. The summed E-state index contributed by atoms with van der Waals surface area (Å²) < 4.78 is 17.0. The van der Waals surface area contributed by atoms with Crippen LogP contribution in [0.2, 0.25) is 0 Å². The maximum absolute atomic E-state index is 13.8. The number of benzene rings is 2. The van der Waals surface area contributed by atoms with Crippen molar-refractivity contribution < 1.29 is 9.18 Å². The standard InChI is InChI=1S/C30H23FN8O/c1-18(35-30(40)25-28(32)37-39-14-4-13-33-29(25)39)24-15-22-6-3-5-20(8-7-19-16-34-38(2)17-19)26(22)36-27(24)21-9-11-23(31)12-10-21/h3-6,9-18H,1-2H3,(H2,32,37)(H,35,40)/t18-/m0/s1. The summed E-state index contributed by atoms with van der Waals surface area (Å²) in [5, 5.41) is 12.2. The van der Waals surface area contributed by atoms with Crippen molar-refractivity contribution in [2.75, 3.05) is 5.73 Å². The van der Waals surface area contributed by atoms with Crippen LogP contribution in [-0.4, -0.2) is 35.3 Å². The van der Waals surface area contributed by atoms with E-state index in [1.165, 1.54) is 16.6 Å². The average molecular weight is 531 g/mol. The monoisotopic (exact) mass is 530 g/mol. The van der Waals surface area contributed by atoms with Gasteiger partial charge < -0.3 is 11.1 Å². The number of pyridine rings is 1. The number of nitrogens with zero attached hydrogens (tertiary/aromatic N) is 6. The number of nitrogens with two attached hydrogens (primary N) is 1. The molecule has 0 saturated carbocycles. The number of amides is 1. The predicted octanol–water partition coefficient (Wildman–Crippen LogP) is 4.29. The molecule has 0 spiro atoms. The van der Waals surface area contributed by atoms with Gasteiger partial charge in [0, 0.05) is 42.2 Å². The predicted molar refractivity (Wildman–Crippen MR) is 150 cm³/mol. The zero-order valence-electron chi connectivity index (χ0n) is 21.6. The number of aryl methyl sites for hydroxylation is 1. The maximum Gasteiger partial charge on any atom is 0.259 e. The van der Waals surface area contributed by atoms with Crippen LogP contribution in [0.1, 0.15) is 40.0 Å². The van der Waals surface area contributed by atoms with E-state index in [2.05, 4.69) is 32.3 Å². The largest absolute Gasteiger partial charge is 0.381 e. The Labute approximate surface area is 228 Å². The van der Waals surface area contributed by atoms with Crippen molar-refractivity contribution in [3.8, 4) is 23.1 Å². The van der Waals surface area contributed by atoms with Crippen LogP contribution in [0, 0.1) is 17.7 Å². The second-order valence-corrected chi connectivity index (χ2v) is 9.31. The Balaban J connectivity index is 1.44. The number of hydrogen-bond acceptors (Lipinski definition) is 6. The van der Waals surface area contributed by atoms with E-state index in [1.807, 2.05) is 44.4 Å². The van der Waals surface area contributed by atoms with E-state index >= 15 is 0 Å². The van der Waals surface area contributed by atoms with Crippen LogP contribution in [0.3, 0.4) is 0 Å². The molecule has 0 fully saturated rings. The van der Waals surface area contributed by atoms with Gasteiger partial charge in [0.25, 0.3) is 5.91 Å². The van der Waals surface area contributed by atoms with E-state index in [-0.39, 0.29) is 17.2 Å². The third-order valence-electron chi connectivity index (χ3n) is 6.50. The number of halogens is 1. The number of aromatic nitrogens is 6. The number of carbonyl (C=O) groups is 1. The first kappa shape index (κ1) is 24.8. The highest BCUT2D eigenvalue weighted by Gasteiger charge is 2.23. The molecule has 0 radical (unpaired) electrons. The van der Waals surface area contributed by atoms with Crippen molar-refractivity contribution in [3.63, 3.8) is 0 Å². The minimum absolute atomic E-state index is 0.0793. The van der Waals surface area contributed by atoms with Gasteiger partial charge in [-0.05, 0) is 49.4 Å². The van der Waals surface area contributed by atoms with Gasteiger partial charge in [-0.3, -0.25) is 9.48 Å². The number of hydrogen-bond donors (Lipinski definition) is 2. The molecule has 0 aliphatic carbocycles. The molecule has 9 nitrogen and oxygen atoms in total. The highest BCUT2D eigenvalue weighted by molar-refractivity contribution is 6.04. The molecule has 6 aromatic rings. The number of fused-ring (bicyclic) bond motifs is 2. The summed E-state index contributed by atoms with van der Waals surface area (Å²) in [7, 11) is 1.83. The quantitative estimate of drug-likeness (QED) is 0.329. The highest BCUT2D eigenvalue weighted by Crippen LogP contribution is 2.32. The first-order valence-electron chi connectivity index (χ1n) is 12.5. The number of carbonyl (C=O) groups excluding carboxylic acids is 1. The lowest BCUT2D eigenvalue weighted by atomic mass is 9.97. The molecule has 1 amide bonds. The van der Waals surface area contributed by atoms with E-state index < -0.39 is 11.9 Å². The molecule has 0 unspecified atom stereocenters. The van der Waals surface area contributed by atoms with Gasteiger partial charge in [-0.15, -0.1) is 5.10 Å². The normalized spacial score (nSPS) is 11.8. The summed E-state index contributed by atoms with van der Waals surface area (Å²) in [5.41, 5.74) is 10.9. The molecule has 0 bridgehead atoms. The molecular weight excluding hydrogens is 507 g/mol. The molecule has 0 saturated heterocycles. The molecule has 4 heterocycles. The van der Waals surface area contributed by atoms with Gasteiger partial charge in [0.1, 0.15) is 11.4 Å². The van der Waals surface area contributed by atoms with Crippen molar-refractivity contribution in [1.82, 2.24) is 34.7 Å². The molecule has 6 rings (SSSR count). The topological polar surface area (TPSA) is 116 Å². The Morgan fingerprint density at radius 2 is 1.95 bits per heavy atom. The van der Waals surface area contributed by atoms with Gasteiger partial charge in [-0.25, -0.2) is 18.9 Å². The Bertz CT molecular complexity index is 1960. The minimum Gasteiger partial charge on any atom is -0.381 e. The van der Waals surface area contributed by atoms with Gasteiger partial charge in [0.2, 0.25) is 0 Å². The molecule has 0 aliphatic heterocycles. The molecular formula is C30H23FN8O. The number of nitrogens with one attached hydrogen (secondary N) is 1. The van der Waals surface area contributed by atoms with E-state index in [0.29, 0.717) is 22.4 Å². The highest BCUT2D eigenvalue weighted by atomic mass is 19.1. The third kappa shape index (κ3) is 4.61. The van der Waals surface area contributed by atoms with Crippen LogP contribution in [-0.2, 0) is 7.05 Å². The zero-order chi connectivity index (χ0) is 27.8. The van der Waals surface area contributed by atoms with Gasteiger partial charge in [0.15, 0.2) is 11.5 Å². The van der Waals surface area contributed by atoms with Crippen LogP contribution >= 0.6 is 0 Å². The fraction of sp³-hybridized carbons (Fsp3) is 0.100. The lowest BCUT2D eigenvalue weighted by Crippen LogP contribution is -2.28. The summed E-state index contributed by atoms with van der Waals surface area (Å²) in [4.78, 5) is 22.6. The summed E-state index contributed by atoms with van der Waals surface area (Å²) in [5.74, 6) is 5.64. The molecule has 1 atom stereocenters. The third-order valence-corrected chi connectivity index (χ3v) is 6.50. The Kier molecular flexibility index (Phi) is 6.16. The Morgan fingerprint density at radius 3 is 2.73 bits per heavy atom. The maximum atomic E-state index is 13.8. The van der Waals surface area contributed by atoms with Crippen molar-refractivity contribution in [2.45, 2.75) is 13.0 Å². The van der Waals surface area contributed by atoms with E-state index in [9.17, 15) is 9.18 Å². The lowest BCUT2D eigenvalue weighted by Gasteiger charge is -2.19. The minimum atomic E-state index is -0.493. The number of anilines is 1. The lowest BCUT2D eigenvalue weighted by molar-refractivity contribution is 0.0942. The Hall–Kier alpha value is -5.56. The SMILES string of the molecule is C[C@H](NC(=O)c1c(N)nn2cccnc12)c1cc2cccc(C#Cc3cnn(C)c3)c2nc1-c1ccc(F)cc1. The molecule has 10 heteroatoms. The zero-order valence-corrected chi connectivity index (χ0v) is 21.6. The molecule has 3 N–H and O–H groups in total. The van der Waals surface area contributed by atoms with E-state index in [0.717, 1.165) is 22.1 Å². The van der Waals surface area contributed by atoms with Crippen molar-refractivity contribution in [1.29, 1.82) is 0 Å². The van der Waals surface area contributed by atoms with Crippen molar-refractivity contribution in [3.05, 3.63) is 107 Å². The first-order valence-corrected chi connectivity index (χ1v) is 12.5. The second-order valence-electron chi connectivity index (χ2n) is 9.31. The van der Waals surface area contributed by atoms with Crippen LogP contribution in [0.25, 0.3) is 27.8 Å². The average Bonchev–Trinajstić information content (AvgIpc) is 3.52. The molecule has 196 valence electrons. The van der Waals surface area contributed by atoms with Gasteiger partial charge in [0.05, 0.1) is 34.6 Å². The first-order chi connectivity index (χ1) is 19.4. The van der Waals surface area contributed by atoms with E-state index in [4.69, 9.17) is 10.7 Å². The van der Waals surface area contributed by atoms with Crippen LogP contribution in [0.5, 0.6) is 0 Å². The molecule has 4 aromatic heterocycles. The fourth-order valence-electron chi connectivity index (χ4n) is 4.58. The smallest absolute Gasteiger partial charge is 0.259 e. The van der Waals surface area contributed by atoms with Crippen LogP contribution in [0.4, 0.5) is 10.2 Å². The summed E-state index contributed by atoms with van der Waals surface area (Å²) in [6.07, 6.45) is 6.79. The van der Waals surface area contributed by atoms with Gasteiger partial charge in [-0.2, -0.15) is 5.10 Å². The summed E-state index contributed by atoms with van der Waals surface area (Å²) >= 11 is 0. The van der Waals surface area contributed by atoms with Crippen LogP contribution < -0.4 is 11.1 Å².